The van der Waals surface area contributed by atoms with Gasteiger partial charge in [-0.2, -0.15) is 11.3 Å². The van der Waals surface area contributed by atoms with Crippen LogP contribution in [0.2, 0.25) is 5.02 Å². The summed E-state index contributed by atoms with van der Waals surface area (Å²) in [5.41, 5.74) is 4.30. The van der Waals surface area contributed by atoms with Gasteiger partial charge in [0.15, 0.2) is 0 Å². The molecule has 0 aliphatic carbocycles. The van der Waals surface area contributed by atoms with Crippen LogP contribution in [0.4, 0.5) is 0 Å². The third-order valence-corrected chi connectivity index (χ3v) is 6.79. The van der Waals surface area contributed by atoms with E-state index in [1.807, 2.05) is 41.1 Å². The second kappa shape index (κ2) is 8.47. The summed E-state index contributed by atoms with van der Waals surface area (Å²) in [5.74, 6) is 0. The van der Waals surface area contributed by atoms with E-state index < -0.39 is 10.0 Å². The quantitative estimate of drug-likeness (QED) is 0.424. The van der Waals surface area contributed by atoms with Gasteiger partial charge in [0.1, 0.15) is 0 Å². The Hall–Kier alpha value is -2.51. The lowest BCUT2D eigenvalue weighted by atomic mass is 10.1. The summed E-state index contributed by atoms with van der Waals surface area (Å²) < 4.78 is 28.5. The Morgan fingerprint density at radius 2 is 1.76 bits per heavy atom. The number of pyridine rings is 1. The number of sulfonamides is 1. The molecule has 0 radical (unpaired) electrons. The first-order chi connectivity index (χ1) is 14.0. The molecule has 0 unspecified atom stereocenters. The molecule has 0 spiro atoms. The van der Waals surface area contributed by atoms with Crippen LogP contribution in [0.15, 0.2) is 88.6 Å². The summed E-state index contributed by atoms with van der Waals surface area (Å²) in [6.45, 7) is 0.159. The second-order valence-electron chi connectivity index (χ2n) is 6.38. The fourth-order valence-electron chi connectivity index (χ4n) is 2.98. The van der Waals surface area contributed by atoms with E-state index >= 15 is 0 Å². The number of hydrogen-bond acceptors (Lipinski definition) is 4. The summed E-state index contributed by atoms with van der Waals surface area (Å²) in [5, 5.41) is 4.60. The SMILES string of the molecule is O=S(=O)(NCc1cccnc1-c1ccsc1)c1cccc(-c2ccc(Cl)cc2)c1. The zero-order valence-electron chi connectivity index (χ0n) is 15.2. The molecule has 0 amide bonds. The first-order valence-electron chi connectivity index (χ1n) is 8.85. The van der Waals surface area contributed by atoms with E-state index in [-0.39, 0.29) is 11.4 Å². The summed E-state index contributed by atoms with van der Waals surface area (Å²) in [4.78, 5) is 4.63. The van der Waals surface area contributed by atoms with Gasteiger partial charge in [0, 0.05) is 28.7 Å². The molecular formula is C22H17ClN2O2S2. The molecule has 2 aromatic carbocycles. The normalized spacial score (nSPS) is 11.5. The third kappa shape index (κ3) is 4.57. The van der Waals surface area contributed by atoms with Crippen LogP contribution in [-0.2, 0) is 16.6 Å². The molecule has 4 aromatic rings. The molecule has 4 nitrogen and oxygen atoms in total. The maximum absolute atomic E-state index is 12.9. The van der Waals surface area contributed by atoms with Crippen molar-refractivity contribution in [1.82, 2.24) is 9.71 Å². The molecule has 29 heavy (non-hydrogen) atoms. The number of aromatic nitrogens is 1. The van der Waals surface area contributed by atoms with Crippen molar-refractivity contribution in [3.05, 3.63) is 94.3 Å². The standard InChI is InChI=1S/C22H17ClN2O2S2/c23-20-8-6-16(7-9-20)17-3-1-5-21(13-17)29(26,27)25-14-18-4-2-11-24-22(18)19-10-12-28-15-19/h1-13,15,25H,14H2. The molecule has 2 heterocycles. The first-order valence-corrected chi connectivity index (χ1v) is 11.7. The van der Waals surface area contributed by atoms with Gasteiger partial charge < -0.3 is 0 Å². The average molecular weight is 441 g/mol. The van der Waals surface area contributed by atoms with E-state index in [1.54, 1.807) is 53.9 Å². The van der Waals surface area contributed by atoms with Gasteiger partial charge in [-0.1, -0.05) is 41.9 Å². The van der Waals surface area contributed by atoms with Gasteiger partial charge >= 0.3 is 0 Å². The van der Waals surface area contributed by atoms with Gasteiger partial charge in [-0.3, -0.25) is 4.98 Å². The highest BCUT2D eigenvalue weighted by atomic mass is 35.5. The summed E-state index contributed by atoms with van der Waals surface area (Å²) >= 11 is 7.52. The van der Waals surface area contributed by atoms with Crippen molar-refractivity contribution in [1.29, 1.82) is 0 Å². The number of nitrogens with zero attached hydrogens (tertiary/aromatic N) is 1. The number of rotatable bonds is 6. The number of hydrogen-bond donors (Lipinski definition) is 1. The van der Waals surface area contributed by atoms with Crippen molar-refractivity contribution in [3.63, 3.8) is 0 Å². The lowest BCUT2D eigenvalue weighted by Gasteiger charge is -2.11. The van der Waals surface area contributed by atoms with E-state index in [0.29, 0.717) is 5.02 Å². The highest BCUT2D eigenvalue weighted by Gasteiger charge is 2.16. The van der Waals surface area contributed by atoms with Gasteiger partial charge in [-0.15, -0.1) is 0 Å². The molecule has 0 aliphatic rings. The van der Waals surface area contributed by atoms with E-state index in [4.69, 9.17) is 11.6 Å². The summed E-state index contributed by atoms with van der Waals surface area (Å²) in [6.07, 6.45) is 1.71. The summed E-state index contributed by atoms with van der Waals surface area (Å²) in [6, 6.07) is 19.8. The van der Waals surface area contributed by atoms with Crippen molar-refractivity contribution in [2.75, 3.05) is 0 Å². The summed E-state index contributed by atoms with van der Waals surface area (Å²) in [7, 11) is -3.68. The molecule has 0 atom stereocenters. The third-order valence-electron chi connectivity index (χ3n) is 4.46. The van der Waals surface area contributed by atoms with Gasteiger partial charge in [0.25, 0.3) is 0 Å². The van der Waals surface area contributed by atoms with Crippen molar-refractivity contribution in [2.24, 2.45) is 0 Å². The Bertz CT molecular complexity index is 1220. The van der Waals surface area contributed by atoms with Gasteiger partial charge in [0.05, 0.1) is 10.6 Å². The lowest BCUT2D eigenvalue weighted by molar-refractivity contribution is 0.581. The fraction of sp³-hybridized carbons (Fsp3) is 0.0455. The Labute approximate surface area is 178 Å². The molecule has 0 fully saturated rings. The van der Waals surface area contributed by atoms with Crippen molar-refractivity contribution < 1.29 is 8.42 Å². The smallest absolute Gasteiger partial charge is 0.240 e. The van der Waals surface area contributed by atoms with Gasteiger partial charge in [0.2, 0.25) is 10.0 Å². The van der Waals surface area contributed by atoms with Crippen LogP contribution in [0.3, 0.4) is 0 Å². The monoisotopic (exact) mass is 440 g/mol. The van der Waals surface area contributed by atoms with E-state index in [9.17, 15) is 8.42 Å². The van der Waals surface area contributed by atoms with Gasteiger partial charge in [-0.05, 0) is 58.5 Å². The topological polar surface area (TPSA) is 59.1 Å². The van der Waals surface area contributed by atoms with Crippen LogP contribution in [0.5, 0.6) is 0 Å². The highest BCUT2D eigenvalue weighted by molar-refractivity contribution is 7.89. The zero-order chi connectivity index (χ0) is 20.3. The average Bonchev–Trinajstić information content (AvgIpc) is 3.28. The maximum Gasteiger partial charge on any atom is 0.240 e. The Balaban J connectivity index is 1.58. The Kier molecular flexibility index (Phi) is 5.78. The maximum atomic E-state index is 12.9. The predicted molar refractivity (Wildman–Crippen MR) is 118 cm³/mol. The first kappa shape index (κ1) is 19.8. The fourth-order valence-corrected chi connectivity index (χ4v) is 4.80. The van der Waals surface area contributed by atoms with Crippen LogP contribution in [0.1, 0.15) is 5.56 Å². The molecule has 2 aromatic heterocycles. The molecule has 0 aliphatic heterocycles. The second-order valence-corrected chi connectivity index (χ2v) is 9.37. The lowest BCUT2D eigenvalue weighted by Crippen LogP contribution is -2.23. The number of benzene rings is 2. The van der Waals surface area contributed by atoms with Crippen molar-refractivity contribution in [3.8, 4) is 22.4 Å². The number of nitrogens with one attached hydrogen (secondary N) is 1. The molecule has 0 bridgehead atoms. The van der Waals surface area contributed by atoms with Crippen LogP contribution >= 0.6 is 22.9 Å². The molecule has 146 valence electrons. The predicted octanol–water partition coefficient (Wildman–Crippen LogP) is 5.61. The van der Waals surface area contributed by atoms with Crippen molar-refractivity contribution >= 4 is 33.0 Å². The zero-order valence-corrected chi connectivity index (χ0v) is 17.6. The largest absolute Gasteiger partial charge is 0.256 e. The molecule has 0 saturated heterocycles. The number of halogens is 1. The molecule has 1 N–H and O–H groups in total. The molecule has 7 heteroatoms. The van der Waals surface area contributed by atoms with E-state index in [1.165, 1.54) is 0 Å². The van der Waals surface area contributed by atoms with Crippen LogP contribution in [0.25, 0.3) is 22.4 Å². The van der Waals surface area contributed by atoms with E-state index in [0.717, 1.165) is 27.9 Å². The Morgan fingerprint density at radius 1 is 0.931 bits per heavy atom. The molecule has 0 saturated carbocycles. The molecule has 4 rings (SSSR count). The minimum absolute atomic E-state index is 0.159. The highest BCUT2D eigenvalue weighted by Crippen LogP contribution is 2.26. The minimum atomic E-state index is -3.68. The molecular weight excluding hydrogens is 424 g/mol. The van der Waals surface area contributed by atoms with Crippen LogP contribution in [-0.4, -0.2) is 13.4 Å². The Morgan fingerprint density at radius 3 is 2.52 bits per heavy atom. The van der Waals surface area contributed by atoms with Crippen molar-refractivity contribution in [2.45, 2.75) is 11.4 Å². The van der Waals surface area contributed by atoms with Gasteiger partial charge in [-0.25, -0.2) is 13.1 Å². The van der Waals surface area contributed by atoms with Crippen LogP contribution in [0, 0.1) is 0 Å². The van der Waals surface area contributed by atoms with Crippen LogP contribution < -0.4 is 4.72 Å². The number of thiophene rings is 1. The minimum Gasteiger partial charge on any atom is -0.256 e. The van der Waals surface area contributed by atoms with E-state index in [2.05, 4.69) is 9.71 Å².